The molecule has 0 bridgehead atoms. The van der Waals surface area contributed by atoms with Crippen LogP contribution in [-0.4, -0.2) is 84.3 Å². The highest BCUT2D eigenvalue weighted by molar-refractivity contribution is 7.86. The van der Waals surface area contributed by atoms with E-state index in [2.05, 4.69) is 36.2 Å². The van der Waals surface area contributed by atoms with Gasteiger partial charge in [-0.1, -0.05) is 36.4 Å². The summed E-state index contributed by atoms with van der Waals surface area (Å²) >= 11 is 5.62. The van der Waals surface area contributed by atoms with Gasteiger partial charge in [-0.15, -0.1) is 11.6 Å². The van der Waals surface area contributed by atoms with Gasteiger partial charge in [0.1, 0.15) is 20.6 Å². The number of nitrogens with one attached hydrogen (secondary N) is 4. The molecule has 0 fully saturated rings. The zero-order valence-corrected chi connectivity index (χ0v) is 31.2. The second kappa shape index (κ2) is 14.9. The van der Waals surface area contributed by atoms with Crippen molar-refractivity contribution < 1.29 is 58.0 Å². The van der Waals surface area contributed by atoms with Crippen LogP contribution in [0.1, 0.15) is 31.8 Å². The second-order valence-corrected chi connectivity index (χ2v) is 15.8. The number of aromatic nitrogens is 3. The highest BCUT2D eigenvalue weighted by atomic mass is 35.5. The maximum Gasteiger partial charge on any atom is 0.322 e. The maximum absolute atomic E-state index is 13.9. The summed E-state index contributed by atoms with van der Waals surface area (Å²) in [6, 6.07) is 14.2. The number of ketones is 2. The van der Waals surface area contributed by atoms with Crippen molar-refractivity contribution in [1.82, 2.24) is 15.0 Å². The molecular formula is C32H24ClN7O13S3. The number of fused-ring (bicyclic) bond motifs is 2. The molecule has 1 amide bonds. The second-order valence-electron chi connectivity index (χ2n) is 11.4. The van der Waals surface area contributed by atoms with Crippen LogP contribution in [0.5, 0.6) is 6.01 Å². The summed E-state index contributed by atoms with van der Waals surface area (Å²) in [5.74, 6) is -4.15. The minimum Gasteiger partial charge on any atom is -0.467 e. The molecule has 1 aliphatic rings. The molecular weight excluding hydrogens is 822 g/mol. The monoisotopic (exact) mass is 845 g/mol. The molecule has 0 saturated carbocycles. The molecule has 1 aliphatic carbocycles. The van der Waals surface area contributed by atoms with E-state index in [-0.39, 0.29) is 40.1 Å². The molecule has 6 rings (SSSR count). The maximum atomic E-state index is 13.9. The third-order valence-corrected chi connectivity index (χ3v) is 10.7. The van der Waals surface area contributed by atoms with Crippen LogP contribution in [0.3, 0.4) is 0 Å². The van der Waals surface area contributed by atoms with Crippen LogP contribution >= 0.6 is 11.6 Å². The summed E-state index contributed by atoms with van der Waals surface area (Å²) in [5, 5.41) is 9.99. The lowest BCUT2D eigenvalue weighted by molar-refractivity contribution is -0.113. The van der Waals surface area contributed by atoms with Gasteiger partial charge in [-0.2, -0.15) is 40.2 Å². The lowest BCUT2D eigenvalue weighted by Crippen LogP contribution is -2.27. The number of ether oxygens (including phenoxy) is 1. The fourth-order valence-corrected chi connectivity index (χ4v) is 7.60. The van der Waals surface area contributed by atoms with Crippen LogP contribution < -0.4 is 26.0 Å². The first kappa shape index (κ1) is 39.6. The normalized spacial score (nSPS) is 12.7. The molecule has 0 unspecified atom stereocenters. The number of nitrogens with zero attached hydrogens (tertiary/aromatic N) is 3. The number of hydrogen-bond donors (Lipinski definition) is 7. The topological polar surface area (TPSA) is 310 Å². The molecule has 5 aromatic rings. The molecule has 290 valence electrons. The number of rotatable bonds is 12. The minimum absolute atomic E-state index is 0.0939. The van der Waals surface area contributed by atoms with E-state index in [1.807, 2.05) is 0 Å². The van der Waals surface area contributed by atoms with Crippen LogP contribution in [-0.2, 0) is 35.1 Å². The highest BCUT2D eigenvalue weighted by Gasteiger charge is 2.38. The molecule has 20 nitrogen and oxygen atoms in total. The molecule has 0 atom stereocenters. The summed E-state index contributed by atoms with van der Waals surface area (Å²) in [5.41, 5.74) is -3.23. The molecule has 56 heavy (non-hydrogen) atoms. The van der Waals surface area contributed by atoms with Gasteiger partial charge >= 0.3 is 6.01 Å². The number of carbonyl (C=O) groups excluding carboxylic acids is 3. The van der Waals surface area contributed by atoms with Crippen LogP contribution in [0.4, 0.5) is 40.3 Å². The molecule has 1 aromatic heterocycles. The van der Waals surface area contributed by atoms with Crippen molar-refractivity contribution in [3.8, 4) is 6.01 Å². The van der Waals surface area contributed by atoms with Crippen molar-refractivity contribution in [2.75, 3.05) is 34.3 Å². The largest absolute Gasteiger partial charge is 0.467 e. The Balaban J connectivity index is 1.45. The Hall–Kier alpha value is -6.08. The Morgan fingerprint density at radius 1 is 0.661 bits per heavy atom. The SMILES string of the molecule is COc1nc(Nc2ccccc2S(=O)(=O)O)nc(Nc2ccc(Nc3cc(S(=O)(=O)O)c(NC(=O)CCl)c4c3C(=O)c3ccccc3C4=O)cc2S(=O)(=O)O)n1. The van der Waals surface area contributed by atoms with Crippen LogP contribution in [0.25, 0.3) is 0 Å². The van der Waals surface area contributed by atoms with Crippen molar-refractivity contribution in [3.05, 3.63) is 95.1 Å². The summed E-state index contributed by atoms with van der Waals surface area (Å²) < 4.78 is 110. The number of carbonyl (C=O) groups is 3. The quantitative estimate of drug-likeness (QED) is 0.0680. The van der Waals surface area contributed by atoms with Crippen molar-refractivity contribution >= 4 is 99.8 Å². The number of methoxy groups -OCH3 is 1. The lowest BCUT2D eigenvalue weighted by atomic mass is 9.82. The number of hydrogen-bond acceptors (Lipinski definition) is 16. The predicted molar refractivity (Wildman–Crippen MR) is 198 cm³/mol. The van der Waals surface area contributed by atoms with E-state index in [4.69, 9.17) is 16.3 Å². The standard InChI is InChI=1S/C32H24ClN7O13S3/c1-53-32-39-30(35-18-8-4-5-9-21(18)54(44,45)46)38-31(40-32)36-19-11-10-15(12-22(19)55(47,48)49)34-20-13-23(56(50,51)52)27(37-24(41)14-33)26-25(20)28(42)16-6-2-3-7-17(16)29(26)43/h2-13,34H,14H2,1H3,(H,37,41)(H,44,45,46)(H,47,48,49)(H,50,51,52)(H2,35,36,38,39,40). The van der Waals surface area contributed by atoms with Crippen LogP contribution in [0.2, 0.25) is 0 Å². The Labute approximate surface area is 321 Å². The van der Waals surface area contributed by atoms with E-state index in [1.54, 1.807) is 0 Å². The molecule has 0 aliphatic heterocycles. The van der Waals surface area contributed by atoms with Crippen LogP contribution in [0.15, 0.2) is 87.5 Å². The van der Waals surface area contributed by atoms with E-state index < -0.39 is 96.8 Å². The number of amides is 1. The number of benzene rings is 4. The smallest absolute Gasteiger partial charge is 0.322 e. The first-order valence-electron chi connectivity index (χ1n) is 15.3. The van der Waals surface area contributed by atoms with Gasteiger partial charge in [0.25, 0.3) is 30.4 Å². The summed E-state index contributed by atoms with van der Waals surface area (Å²) in [7, 11) is -13.9. The van der Waals surface area contributed by atoms with E-state index in [9.17, 15) is 53.3 Å². The van der Waals surface area contributed by atoms with Gasteiger partial charge in [0.2, 0.25) is 17.8 Å². The Morgan fingerprint density at radius 2 is 1.20 bits per heavy atom. The van der Waals surface area contributed by atoms with Crippen molar-refractivity contribution in [2.24, 2.45) is 0 Å². The van der Waals surface area contributed by atoms with Crippen molar-refractivity contribution in [3.63, 3.8) is 0 Å². The Kier molecular flexibility index (Phi) is 10.5. The van der Waals surface area contributed by atoms with Gasteiger partial charge in [0.05, 0.1) is 41.0 Å². The Morgan fingerprint density at radius 3 is 1.75 bits per heavy atom. The van der Waals surface area contributed by atoms with E-state index in [1.165, 1.54) is 55.6 Å². The molecule has 1 heterocycles. The number of halogens is 1. The van der Waals surface area contributed by atoms with Crippen LogP contribution in [0, 0.1) is 0 Å². The van der Waals surface area contributed by atoms with Gasteiger partial charge in [-0.25, -0.2) is 0 Å². The van der Waals surface area contributed by atoms with Gasteiger partial charge in [-0.05, 0) is 36.4 Å². The van der Waals surface area contributed by atoms with Gasteiger partial charge in [0, 0.05) is 16.8 Å². The van der Waals surface area contributed by atoms with E-state index in [0.29, 0.717) is 0 Å². The first-order chi connectivity index (χ1) is 26.3. The summed E-state index contributed by atoms with van der Waals surface area (Å²) in [4.78, 5) is 49.8. The molecule has 7 N–H and O–H groups in total. The minimum atomic E-state index is -5.25. The number of alkyl halides is 1. The van der Waals surface area contributed by atoms with E-state index in [0.717, 1.165) is 24.3 Å². The Bertz CT molecular complexity index is 2840. The molecule has 4 aromatic carbocycles. The predicted octanol–water partition coefficient (Wildman–Crippen LogP) is 3.80. The highest BCUT2D eigenvalue weighted by Crippen LogP contribution is 2.42. The van der Waals surface area contributed by atoms with Gasteiger partial charge in [-0.3, -0.25) is 28.0 Å². The van der Waals surface area contributed by atoms with E-state index >= 15 is 0 Å². The van der Waals surface area contributed by atoms with Gasteiger partial charge in [0.15, 0.2) is 11.6 Å². The summed E-state index contributed by atoms with van der Waals surface area (Å²) in [6.45, 7) is 0. The average Bonchev–Trinajstić information content (AvgIpc) is 3.13. The first-order valence-corrected chi connectivity index (χ1v) is 20.2. The zero-order valence-electron chi connectivity index (χ0n) is 28.0. The van der Waals surface area contributed by atoms with Crippen molar-refractivity contribution in [1.29, 1.82) is 0 Å². The summed E-state index contributed by atoms with van der Waals surface area (Å²) in [6.07, 6.45) is 0. The molecule has 24 heteroatoms. The molecule has 0 spiro atoms. The zero-order chi connectivity index (χ0) is 40.7. The number of para-hydroxylation sites is 1. The van der Waals surface area contributed by atoms with Gasteiger partial charge < -0.3 is 26.0 Å². The fraction of sp³-hybridized carbons (Fsp3) is 0.0625. The third kappa shape index (κ3) is 7.99. The lowest BCUT2D eigenvalue weighted by Gasteiger charge is -2.25. The van der Waals surface area contributed by atoms with Crippen molar-refractivity contribution in [2.45, 2.75) is 14.7 Å². The third-order valence-electron chi connectivity index (χ3n) is 7.82. The molecule has 0 saturated heterocycles. The number of anilines is 7. The molecule has 0 radical (unpaired) electrons. The average molecular weight is 846 g/mol. The fourth-order valence-electron chi connectivity index (χ4n) is 5.54.